The number of hydrogen-bond acceptors (Lipinski definition) is 5. The van der Waals surface area contributed by atoms with Crippen LogP contribution < -0.4 is 10.6 Å². The van der Waals surface area contributed by atoms with E-state index in [2.05, 4.69) is 15.4 Å². The molecule has 7 nitrogen and oxygen atoms in total. The number of benzene rings is 2. The summed E-state index contributed by atoms with van der Waals surface area (Å²) >= 11 is 0. The summed E-state index contributed by atoms with van der Waals surface area (Å²) in [4.78, 5) is 35.3. The summed E-state index contributed by atoms with van der Waals surface area (Å²) in [5.41, 5.74) is 1.20. The van der Waals surface area contributed by atoms with Crippen molar-refractivity contribution in [3.8, 4) is 0 Å². The Morgan fingerprint density at radius 1 is 1.04 bits per heavy atom. The Bertz CT molecular complexity index is 823. The van der Waals surface area contributed by atoms with Crippen molar-refractivity contribution in [2.24, 2.45) is 0 Å². The van der Waals surface area contributed by atoms with Gasteiger partial charge in [0.15, 0.2) is 0 Å². The van der Waals surface area contributed by atoms with Crippen molar-refractivity contribution >= 4 is 23.5 Å². The molecule has 2 aromatic rings. The SMILES string of the molecule is COC(=O)c1ccc(NC(=O)C(=O)NCC(OC)c2cccc(F)c2)cc1. The highest BCUT2D eigenvalue weighted by Gasteiger charge is 2.18. The van der Waals surface area contributed by atoms with Crippen molar-refractivity contribution < 1.29 is 28.2 Å². The molecular formula is C19H19FN2O5. The van der Waals surface area contributed by atoms with E-state index in [9.17, 15) is 18.8 Å². The molecule has 2 rings (SSSR count). The largest absolute Gasteiger partial charge is 0.465 e. The van der Waals surface area contributed by atoms with Gasteiger partial charge in [-0.15, -0.1) is 0 Å². The molecule has 2 N–H and O–H groups in total. The molecule has 0 aromatic heterocycles. The summed E-state index contributed by atoms with van der Waals surface area (Å²) in [6.07, 6.45) is -0.600. The quantitative estimate of drug-likeness (QED) is 0.596. The second-order valence-electron chi connectivity index (χ2n) is 5.51. The maximum atomic E-state index is 13.3. The molecule has 0 bridgehead atoms. The molecule has 0 saturated heterocycles. The average molecular weight is 374 g/mol. The summed E-state index contributed by atoms with van der Waals surface area (Å²) in [5, 5.41) is 4.85. The molecule has 0 aliphatic carbocycles. The zero-order chi connectivity index (χ0) is 19.8. The number of nitrogens with one attached hydrogen (secondary N) is 2. The second-order valence-corrected chi connectivity index (χ2v) is 5.51. The Hall–Kier alpha value is -3.26. The van der Waals surface area contributed by atoms with Crippen molar-refractivity contribution in [3.05, 3.63) is 65.5 Å². The van der Waals surface area contributed by atoms with Gasteiger partial charge in [0.25, 0.3) is 0 Å². The molecule has 1 atom stereocenters. The molecule has 0 saturated carbocycles. The van der Waals surface area contributed by atoms with E-state index in [0.29, 0.717) is 16.8 Å². The minimum Gasteiger partial charge on any atom is -0.465 e. The lowest BCUT2D eigenvalue weighted by atomic mass is 10.1. The van der Waals surface area contributed by atoms with E-state index in [-0.39, 0.29) is 6.54 Å². The molecule has 27 heavy (non-hydrogen) atoms. The van der Waals surface area contributed by atoms with Crippen LogP contribution in [0.3, 0.4) is 0 Å². The standard InChI is InChI=1S/C19H19FN2O5/c1-26-16(13-4-3-5-14(20)10-13)11-21-17(23)18(24)22-15-8-6-12(7-9-15)19(25)27-2/h3-10,16H,11H2,1-2H3,(H,21,23)(H,22,24). The molecule has 0 aliphatic heterocycles. The number of halogens is 1. The Balaban J connectivity index is 1.91. The molecule has 0 spiro atoms. The highest BCUT2D eigenvalue weighted by atomic mass is 19.1. The number of carbonyl (C=O) groups excluding carboxylic acids is 3. The molecule has 2 amide bonds. The minimum atomic E-state index is -0.880. The summed E-state index contributed by atoms with van der Waals surface area (Å²) in [6, 6.07) is 11.7. The number of amides is 2. The van der Waals surface area contributed by atoms with E-state index < -0.39 is 29.7 Å². The minimum absolute atomic E-state index is 0.00646. The summed E-state index contributed by atoms with van der Waals surface area (Å²) in [7, 11) is 2.68. The predicted octanol–water partition coefficient (Wildman–Crippen LogP) is 2.05. The fourth-order valence-corrected chi connectivity index (χ4v) is 2.31. The average Bonchev–Trinajstić information content (AvgIpc) is 2.68. The van der Waals surface area contributed by atoms with E-state index in [4.69, 9.17) is 4.74 Å². The Morgan fingerprint density at radius 2 is 1.74 bits per heavy atom. The molecule has 0 aliphatic rings. The molecule has 0 heterocycles. The third-order valence-electron chi connectivity index (χ3n) is 3.72. The highest BCUT2D eigenvalue weighted by molar-refractivity contribution is 6.39. The number of rotatable bonds is 6. The zero-order valence-electron chi connectivity index (χ0n) is 14.8. The van der Waals surface area contributed by atoms with Gasteiger partial charge in [-0.3, -0.25) is 9.59 Å². The van der Waals surface area contributed by atoms with Crippen LogP contribution in [0.1, 0.15) is 22.0 Å². The predicted molar refractivity (Wildman–Crippen MR) is 95.6 cm³/mol. The van der Waals surface area contributed by atoms with Gasteiger partial charge in [-0.05, 0) is 42.0 Å². The lowest BCUT2D eigenvalue weighted by Crippen LogP contribution is -2.38. The maximum Gasteiger partial charge on any atom is 0.337 e. The first-order valence-corrected chi connectivity index (χ1v) is 8.00. The number of carbonyl (C=O) groups is 3. The van der Waals surface area contributed by atoms with Crippen molar-refractivity contribution in [1.29, 1.82) is 0 Å². The third kappa shape index (κ3) is 5.61. The molecule has 0 radical (unpaired) electrons. The maximum absolute atomic E-state index is 13.3. The van der Waals surface area contributed by atoms with Crippen LogP contribution in [-0.2, 0) is 19.1 Å². The van der Waals surface area contributed by atoms with E-state index in [1.165, 1.54) is 56.7 Å². The van der Waals surface area contributed by atoms with Gasteiger partial charge in [0.1, 0.15) is 5.82 Å². The van der Waals surface area contributed by atoms with Gasteiger partial charge in [0.05, 0.1) is 18.8 Å². The van der Waals surface area contributed by atoms with Gasteiger partial charge < -0.3 is 20.1 Å². The third-order valence-corrected chi connectivity index (χ3v) is 3.72. The smallest absolute Gasteiger partial charge is 0.337 e. The number of ether oxygens (including phenoxy) is 2. The fourth-order valence-electron chi connectivity index (χ4n) is 2.31. The van der Waals surface area contributed by atoms with Crippen molar-refractivity contribution in [2.45, 2.75) is 6.10 Å². The number of anilines is 1. The Morgan fingerprint density at radius 3 is 2.33 bits per heavy atom. The van der Waals surface area contributed by atoms with Crippen LogP contribution in [-0.4, -0.2) is 38.5 Å². The molecule has 8 heteroatoms. The Kier molecular flexibility index (Phi) is 7.01. The molecule has 142 valence electrons. The number of methoxy groups -OCH3 is 2. The van der Waals surface area contributed by atoms with Crippen LogP contribution in [0.5, 0.6) is 0 Å². The fraction of sp³-hybridized carbons (Fsp3) is 0.211. The van der Waals surface area contributed by atoms with Crippen LogP contribution in [0.4, 0.5) is 10.1 Å². The highest BCUT2D eigenvalue weighted by Crippen LogP contribution is 2.16. The normalized spacial score (nSPS) is 11.4. The molecular weight excluding hydrogens is 355 g/mol. The monoisotopic (exact) mass is 374 g/mol. The molecule has 2 aromatic carbocycles. The van der Waals surface area contributed by atoms with Crippen LogP contribution >= 0.6 is 0 Å². The van der Waals surface area contributed by atoms with E-state index >= 15 is 0 Å². The zero-order valence-corrected chi connectivity index (χ0v) is 14.8. The molecule has 0 fully saturated rings. The number of esters is 1. The van der Waals surface area contributed by atoms with Crippen molar-refractivity contribution in [3.63, 3.8) is 0 Å². The summed E-state index contributed by atoms with van der Waals surface area (Å²) < 4.78 is 23.1. The van der Waals surface area contributed by atoms with Gasteiger partial charge in [-0.1, -0.05) is 12.1 Å². The summed E-state index contributed by atoms with van der Waals surface area (Å²) in [5.74, 6) is -2.68. The van der Waals surface area contributed by atoms with E-state index in [1.54, 1.807) is 6.07 Å². The second kappa shape index (κ2) is 9.44. The van der Waals surface area contributed by atoms with Crippen LogP contribution in [0.25, 0.3) is 0 Å². The number of hydrogen-bond donors (Lipinski definition) is 2. The lowest BCUT2D eigenvalue weighted by Gasteiger charge is -2.16. The topological polar surface area (TPSA) is 93.7 Å². The van der Waals surface area contributed by atoms with Gasteiger partial charge in [0.2, 0.25) is 0 Å². The first kappa shape index (κ1) is 20.1. The summed E-state index contributed by atoms with van der Waals surface area (Å²) in [6.45, 7) is -0.00646. The van der Waals surface area contributed by atoms with Gasteiger partial charge in [-0.2, -0.15) is 0 Å². The first-order chi connectivity index (χ1) is 12.9. The van der Waals surface area contributed by atoms with Crippen molar-refractivity contribution in [1.82, 2.24) is 5.32 Å². The van der Waals surface area contributed by atoms with Gasteiger partial charge >= 0.3 is 17.8 Å². The van der Waals surface area contributed by atoms with Crippen molar-refractivity contribution in [2.75, 3.05) is 26.1 Å². The van der Waals surface area contributed by atoms with Gasteiger partial charge in [0, 0.05) is 19.3 Å². The van der Waals surface area contributed by atoms with Crippen LogP contribution in [0.2, 0.25) is 0 Å². The first-order valence-electron chi connectivity index (χ1n) is 8.00. The Labute approximate surface area is 155 Å². The van der Waals surface area contributed by atoms with Crippen LogP contribution in [0, 0.1) is 5.82 Å². The van der Waals surface area contributed by atoms with E-state index in [0.717, 1.165) is 0 Å². The van der Waals surface area contributed by atoms with Crippen LogP contribution in [0.15, 0.2) is 48.5 Å². The lowest BCUT2D eigenvalue weighted by molar-refractivity contribution is -0.136. The molecule has 1 unspecified atom stereocenters. The van der Waals surface area contributed by atoms with E-state index in [1.807, 2.05) is 0 Å². The van der Waals surface area contributed by atoms with Gasteiger partial charge in [-0.25, -0.2) is 9.18 Å².